The number of rotatable bonds is 11. The summed E-state index contributed by atoms with van der Waals surface area (Å²) in [5.41, 5.74) is -2.01. The summed E-state index contributed by atoms with van der Waals surface area (Å²) in [6.07, 6.45) is 1.18. The van der Waals surface area contributed by atoms with Gasteiger partial charge in [0, 0.05) is 74.9 Å². The highest BCUT2D eigenvalue weighted by Crippen LogP contribution is 2.39. The SMILES string of the molecule is CC[C@H](C)[C@@H]1NC(=O)[C@H](CC(C)C)N(C)C(=O)C[C@@H](C(=O)N2CCCCC2)N(C)C(=O)[C@H](C2CCCC2)N(C)C(=O)C2(CCCC2)NC(=O)[C@@H]2CCCN2C(=O)[C@H](CCc2ccc(C(F)(F)F)c(Cl)c2)NC(=O)CN(C)C(=O)[C@H](Cc2ccc(F)cc2)N(C)C(=O)[C@@H]2CCN2C(=O)[C@H](C)N(C)C1=O. The number of benzene rings is 2. The van der Waals surface area contributed by atoms with Crippen molar-refractivity contribution in [2.24, 2.45) is 17.8 Å². The molecule has 3 N–H and O–H groups in total. The molecular weight excluding hydrogens is 1360 g/mol. The lowest BCUT2D eigenvalue weighted by Crippen LogP contribution is -2.65. The third kappa shape index (κ3) is 18.8. The zero-order chi connectivity index (χ0) is 75.7. The second-order valence-electron chi connectivity index (χ2n) is 29.9. The number of hydrogen-bond acceptors (Lipinski definition) is 12. The lowest BCUT2D eigenvalue weighted by Gasteiger charge is -2.45. The molecule has 1 spiro atoms. The molecule has 6 fully saturated rings. The van der Waals surface area contributed by atoms with Gasteiger partial charge in [-0.25, -0.2) is 4.39 Å². The molecule has 12 amide bonds. The van der Waals surface area contributed by atoms with Gasteiger partial charge in [-0.3, -0.25) is 57.5 Å². The highest BCUT2D eigenvalue weighted by molar-refractivity contribution is 6.31. The lowest BCUT2D eigenvalue weighted by atomic mass is 9.90. The molecule has 0 radical (unpaired) electrons. The minimum absolute atomic E-state index is 0.00228. The van der Waals surface area contributed by atoms with E-state index in [0.29, 0.717) is 70.0 Å². The first-order valence-electron chi connectivity index (χ1n) is 36.6. The van der Waals surface area contributed by atoms with Crippen LogP contribution < -0.4 is 16.0 Å². The Bertz CT molecular complexity index is 3460. The predicted octanol–water partition coefficient (Wildman–Crippen LogP) is 5.98. The van der Waals surface area contributed by atoms with Crippen molar-refractivity contribution in [1.29, 1.82) is 0 Å². The van der Waals surface area contributed by atoms with Crippen molar-refractivity contribution in [2.75, 3.05) is 75.0 Å². The van der Waals surface area contributed by atoms with E-state index in [2.05, 4.69) is 16.0 Å². The molecule has 0 aromatic heterocycles. The number of carbonyl (C=O) groups is 12. The van der Waals surface area contributed by atoms with E-state index < -0.39 is 178 Å². The number of fused-ring (bicyclic) bond motifs is 2. The molecule has 2 aromatic rings. The average molecular weight is 1470 g/mol. The first kappa shape index (κ1) is 80.8. The third-order valence-electron chi connectivity index (χ3n) is 22.4. The maximum Gasteiger partial charge on any atom is 0.417 e. The molecule has 4 heterocycles. The standard InChI is InChI=1S/C74H105ClF4N12O12/c1-12-45(4)61-70(101)84(7)46(5)65(96)91-38-32-55(91)68(99)86(9)57(41-48-24-28-50(76)29-25-48)67(98)83(6)43-59(92)80-53(31-27-47-26-30-51(52(75)40-47)74(77,78)79)66(97)90-37-20-23-54(90)64(95)82-73(33-16-17-34-73)72(103)88(11)62(49-21-14-15-22-49)71(102)87(10)58(69(100)89-35-18-13-19-36-89)42-60(93)85(8)56(39-44(2)3)63(94)81-61/h24-26,28-30,40,44-46,49,53-58,61-62H,12-23,27,31-39,41-43H2,1-11H3,(H,80,92)(H,81,94)(H,82,95)/t45-,46-,53-,54-,55-,56-,57-,58-,61-,62-/m0/s1. The highest BCUT2D eigenvalue weighted by atomic mass is 35.5. The predicted molar refractivity (Wildman–Crippen MR) is 375 cm³/mol. The molecule has 0 bridgehead atoms. The Hall–Kier alpha value is -7.91. The highest BCUT2D eigenvalue weighted by Gasteiger charge is 2.52. The topological polar surface area (TPSA) is 270 Å². The summed E-state index contributed by atoms with van der Waals surface area (Å²) < 4.78 is 56.1. The van der Waals surface area contributed by atoms with E-state index in [1.807, 2.05) is 20.8 Å². The maximum atomic E-state index is 15.7. The second kappa shape index (κ2) is 34.8. The van der Waals surface area contributed by atoms with Crippen LogP contribution in [0.25, 0.3) is 0 Å². The van der Waals surface area contributed by atoms with Crippen molar-refractivity contribution >= 4 is 82.5 Å². The smallest absolute Gasteiger partial charge is 0.343 e. The number of likely N-dealkylation sites (tertiary alicyclic amines) is 1. The van der Waals surface area contributed by atoms with Crippen molar-refractivity contribution in [3.05, 3.63) is 70.0 Å². The van der Waals surface area contributed by atoms with Crippen LogP contribution in [0.3, 0.4) is 0 Å². The number of piperidine rings is 1. The van der Waals surface area contributed by atoms with Gasteiger partial charge in [0.05, 0.1) is 23.6 Å². The zero-order valence-corrected chi connectivity index (χ0v) is 62.2. The number of hydrogen-bond donors (Lipinski definition) is 3. The molecule has 4 saturated heterocycles. The van der Waals surface area contributed by atoms with Crippen LogP contribution in [-0.4, -0.2) is 250 Å². The third-order valence-corrected chi connectivity index (χ3v) is 22.8. The van der Waals surface area contributed by atoms with Crippen molar-refractivity contribution in [3.63, 3.8) is 0 Å². The van der Waals surface area contributed by atoms with E-state index in [1.165, 1.54) is 109 Å². The van der Waals surface area contributed by atoms with E-state index in [0.717, 1.165) is 41.2 Å². The quantitative estimate of drug-likeness (QED) is 0.220. The molecule has 29 heteroatoms. The maximum absolute atomic E-state index is 15.7. The van der Waals surface area contributed by atoms with Crippen LogP contribution in [0.4, 0.5) is 17.6 Å². The van der Waals surface area contributed by atoms with Crippen molar-refractivity contribution in [2.45, 2.75) is 229 Å². The van der Waals surface area contributed by atoms with Crippen LogP contribution >= 0.6 is 11.6 Å². The number of aryl methyl sites for hydroxylation is 1. The normalized spacial score (nSPS) is 27.1. The van der Waals surface area contributed by atoms with Crippen LogP contribution in [0, 0.1) is 23.6 Å². The molecule has 6 aliphatic rings. The Labute approximate surface area is 606 Å². The van der Waals surface area contributed by atoms with Gasteiger partial charge in [0.2, 0.25) is 70.9 Å². The first-order chi connectivity index (χ1) is 48.6. The van der Waals surface area contributed by atoms with E-state index in [9.17, 15) is 46.3 Å². The number of nitrogens with one attached hydrogen (secondary N) is 3. The monoisotopic (exact) mass is 1460 g/mol. The Morgan fingerprint density at radius 3 is 1.85 bits per heavy atom. The van der Waals surface area contributed by atoms with E-state index in [-0.39, 0.29) is 75.9 Å². The van der Waals surface area contributed by atoms with Crippen LogP contribution in [0.5, 0.6) is 0 Å². The van der Waals surface area contributed by atoms with Gasteiger partial charge in [0.25, 0.3) is 0 Å². The molecular formula is C74H105ClF4N12O12. The second-order valence-corrected chi connectivity index (χ2v) is 30.3. The van der Waals surface area contributed by atoms with Gasteiger partial charge in [-0.2, -0.15) is 13.2 Å². The van der Waals surface area contributed by atoms with Gasteiger partial charge in [-0.05, 0) is 144 Å². The van der Waals surface area contributed by atoms with E-state index in [1.54, 1.807) is 11.8 Å². The fraction of sp³-hybridized carbons (Fsp3) is 0.676. The van der Waals surface area contributed by atoms with Crippen LogP contribution in [-0.2, 0) is 76.6 Å². The number of nitrogens with zero attached hydrogens (tertiary/aromatic N) is 9. The van der Waals surface area contributed by atoms with Crippen molar-refractivity contribution in [1.82, 2.24) is 60.0 Å². The fourth-order valence-electron chi connectivity index (χ4n) is 15.6. The molecule has 4 aliphatic heterocycles. The van der Waals surface area contributed by atoms with Gasteiger partial charge < -0.3 is 60.0 Å². The van der Waals surface area contributed by atoms with Gasteiger partial charge in [0.15, 0.2) is 0 Å². The number of carbonyl (C=O) groups excluding carboxylic acids is 12. The van der Waals surface area contributed by atoms with Gasteiger partial charge in [-0.1, -0.05) is 89.6 Å². The Morgan fingerprint density at radius 1 is 0.631 bits per heavy atom. The minimum atomic E-state index is -4.78. The van der Waals surface area contributed by atoms with Gasteiger partial charge >= 0.3 is 6.18 Å². The number of alkyl halides is 3. The zero-order valence-electron chi connectivity index (χ0n) is 61.5. The van der Waals surface area contributed by atoms with E-state index >= 15 is 28.8 Å². The molecule has 2 saturated carbocycles. The van der Waals surface area contributed by atoms with Gasteiger partial charge in [-0.15, -0.1) is 0 Å². The van der Waals surface area contributed by atoms with E-state index in [4.69, 9.17) is 11.6 Å². The lowest BCUT2D eigenvalue weighted by molar-refractivity contribution is -0.160. The molecule has 2 aliphatic carbocycles. The van der Waals surface area contributed by atoms with Crippen LogP contribution in [0.1, 0.15) is 167 Å². The van der Waals surface area contributed by atoms with Crippen LogP contribution in [0.2, 0.25) is 5.02 Å². The molecule has 24 nitrogen and oxygen atoms in total. The Balaban J connectivity index is 1.19. The van der Waals surface area contributed by atoms with Crippen LogP contribution in [0.15, 0.2) is 42.5 Å². The molecule has 8 rings (SSSR count). The van der Waals surface area contributed by atoms with Crippen molar-refractivity contribution in [3.8, 4) is 0 Å². The summed E-state index contributed by atoms with van der Waals surface area (Å²) >= 11 is 6.15. The number of amides is 12. The molecule has 103 heavy (non-hydrogen) atoms. The number of halogens is 5. The molecule has 568 valence electrons. The van der Waals surface area contributed by atoms with Crippen molar-refractivity contribution < 1.29 is 75.1 Å². The summed E-state index contributed by atoms with van der Waals surface area (Å²) in [7, 11) is 8.42. The summed E-state index contributed by atoms with van der Waals surface area (Å²) in [6, 6.07) is -3.26. The van der Waals surface area contributed by atoms with Gasteiger partial charge in [0.1, 0.15) is 65.7 Å². The molecule has 2 aromatic carbocycles. The fourth-order valence-corrected chi connectivity index (χ4v) is 16.0. The first-order valence-corrected chi connectivity index (χ1v) is 37.0. The summed E-state index contributed by atoms with van der Waals surface area (Å²) in [4.78, 5) is 192. The summed E-state index contributed by atoms with van der Waals surface area (Å²) in [6.45, 7) is 8.85. The Kier molecular flexibility index (Phi) is 27.3. The summed E-state index contributed by atoms with van der Waals surface area (Å²) in [5.74, 6) is -9.85. The average Bonchev–Trinajstić information content (AvgIpc) is 1.41. The summed E-state index contributed by atoms with van der Waals surface area (Å²) in [5, 5.41) is 8.10. The molecule has 10 atom stereocenters. The molecule has 0 unspecified atom stereocenters. The number of likely N-dealkylation sites (N-methyl/N-ethyl adjacent to an activating group) is 6. The minimum Gasteiger partial charge on any atom is -0.343 e. The largest absolute Gasteiger partial charge is 0.417 e. The Morgan fingerprint density at radius 2 is 1.26 bits per heavy atom.